The Kier molecular flexibility index (Phi) is 6.46. The summed E-state index contributed by atoms with van der Waals surface area (Å²) in [4.78, 5) is 31.7. The van der Waals surface area contributed by atoms with E-state index in [0.29, 0.717) is 30.1 Å². The summed E-state index contributed by atoms with van der Waals surface area (Å²) in [6, 6.07) is 15.6. The van der Waals surface area contributed by atoms with Gasteiger partial charge in [-0.15, -0.1) is 0 Å². The van der Waals surface area contributed by atoms with Gasteiger partial charge in [0.05, 0.1) is 17.6 Å². The van der Waals surface area contributed by atoms with E-state index < -0.39 is 0 Å². The Balaban J connectivity index is 1.72. The quantitative estimate of drug-likeness (QED) is 0.403. The van der Waals surface area contributed by atoms with E-state index in [1.165, 1.54) is 18.9 Å². The maximum atomic E-state index is 12.9. The van der Waals surface area contributed by atoms with Gasteiger partial charge in [0, 0.05) is 42.3 Å². The third-order valence-electron chi connectivity index (χ3n) is 5.30. The Morgan fingerprint density at radius 2 is 1.97 bits per heavy atom. The number of ether oxygens (including phenoxy) is 1. The number of hydrogen-bond acceptors (Lipinski definition) is 5. The zero-order valence-electron chi connectivity index (χ0n) is 18.4. The normalized spacial score (nSPS) is 16.5. The molecule has 7 heteroatoms. The van der Waals surface area contributed by atoms with Crippen LogP contribution in [0.3, 0.4) is 0 Å². The fourth-order valence-corrected chi connectivity index (χ4v) is 4.91. The molecule has 0 radical (unpaired) electrons. The molecule has 6 nitrogen and oxygen atoms in total. The molecule has 0 aliphatic carbocycles. The Bertz CT molecular complexity index is 1240. The van der Waals surface area contributed by atoms with Gasteiger partial charge in [0.2, 0.25) is 0 Å². The average Bonchev–Trinajstić information content (AvgIpc) is 3.30. The number of nitrogens with zero attached hydrogens (tertiary/aromatic N) is 3. The maximum Gasteiger partial charge on any atom is 0.337 e. The number of para-hydroxylation sites is 1. The minimum absolute atomic E-state index is 0.00712. The molecule has 1 aliphatic heterocycles. The number of amidine groups is 1. The first-order valence-corrected chi connectivity index (χ1v) is 11.4. The van der Waals surface area contributed by atoms with Crippen LogP contribution in [0.25, 0.3) is 17.0 Å². The molecule has 1 aromatic heterocycles. The summed E-state index contributed by atoms with van der Waals surface area (Å²) in [5.41, 5.74) is 3.57. The number of likely N-dealkylation sites (N-methyl/N-ethyl adjacent to an activating group) is 1. The van der Waals surface area contributed by atoms with Crippen LogP contribution in [0.1, 0.15) is 35.3 Å². The van der Waals surface area contributed by atoms with Crippen molar-refractivity contribution in [3.05, 3.63) is 76.3 Å². The van der Waals surface area contributed by atoms with Gasteiger partial charge in [-0.3, -0.25) is 14.7 Å². The van der Waals surface area contributed by atoms with Gasteiger partial charge in [-0.25, -0.2) is 4.79 Å². The standard InChI is InChI=1S/C25H25N3O3S/c1-4-26-25-28(5-2)23(29)22(32-25)14-19-16-27(21-12-7-6-11-20(19)21)15-17-9-8-10-18(13-17)24(30)31-3/h6-14,16H,4-5,15H2,1-3H3/b22-14-,26-25?. The molecule has 3 aromatic rings. The van der Waals surface area contributed by atoms with Crippen LogP contribution in [0.2, 0.25) is 0 Å². The summed E-state index contributed by atoms with van der Waals surface area (Å²) < 4.78 is 6.98. The number of thioether (sulfide) groups is 1. The number of hydrogen-bond donors (Lipinski definition) is 0. The molecule has 1 aliphatic rings. The lowest BCUT2D eigenvalue weighted by atomic mass is 10.1. The maximum absolute atomic E-state index is 12.9. The molecule has 1 fully saturated rings. The Morgan fingerprint density at radius 1 is 1.16 bits per heavy atom. The summed E-state index contributed by atoms with van der Waals surface area (Å²) in [5.74, 6) is -0.358. The number of amides is 1. The molecule has 32 heavy (non-hydrogen) atoms. The van der Waals surface area contributed by atoms with Crippen molar-refractivity contribution >= 4 is 45.8 Å². The number of carbonyl (C=O) groups is 2. The molecule has 0 bridgehead atoms. The zero-order chi connectivity index (χ0) is 22.7. The lowest BCUT2D eigenvalue weighted by molar-refractivity contribution is -0.122. The van der Waals surface area contributed by atoms with E-state index in [9.17, 15) is 9.59 Å². The van der Waals surface area contributed by atoms with Crippen molar-refractivity contribution in [3.8, 4) is 0 Å². The monoisotopic (exact) mass is 447 g/mol. The van der Waals surface area contributed by atoms with Gasteiger partial charge >= 0.3 is 5.97 Å². The molecule has 4 rings (SSSR count). The second-order valence-electron chi connectivity index (χ2n) is 7.34. The van der Waals surface area contributed by atoms with Crippen LogP contribution in [0, 0.1) is 0 Å². The number of aliphatic imine (C=N–C) groups is 1. The van der Waals surface area contributed by atoms with Crippen molar-refractivity contribution in [1.82, 2.24) is 9.47 Å². The largest absolute Gasteiger partial charge is 0.465 e. The summed E-state index contributed by atoms with van der Waals surface area (Å²) in [6.45, 7) is 5.76. The van der Waals surface area contributed by atoms with Gasteiger partial charge in [0.15, 0.2) is 5.17 Å². The highest BCUT2D eigenvalue weighted by Gasteiger charge is 2.32. The molecule has 1 amide bonds. The average molecular weight is 448 g/mol. The smallest absolute Gasteiger partial charge is 0.337 e. The van der Waals surface area contributed by atoms with E-state index >= 15 is 0 Å². The minimum Gasteiger partial charge on any atom is -0.465 e. The Morgan fingerprint density at radius 3 is 2.72 bits per heavy atom. The highest BCUT2D eigenvalue weighted by Crippen LogP contribution is 2.34. The SMILES string of the molecule is CCN=C1S/C(=C\c2cn(Cc3cccc(C(=O)OC)c3)c3ccccc23)C(=O)N1CC. The first-order valence-electron chi connectivity index (χ1n) is 10.6. The van der Waals surface area contributed by atoms with Crippen LogP contribution in [-0.2, 0) is 16.1 Å². The zero-order valence-corrected chi connectivity index (χ0v) is 19.2. The molecule has 0 spiro atoms. The molecule has 1 saturated heterocycles. The van der Waals surface area contributed by atoms with E-state index in [1.807, 2.05) is 50.3 Å². The van der Waals surface area contributed by atoms with E-state index in [-0.39, 0.29) is 11.9 Å². The van der Waals surface area contributed by atoms with E-state index in [0.717, 1.165) is 27.2 Å². The van der Waals surface area contributed by atoms with Crippen LogP contribution in [0.5, 0.6) is 0 Å². The molecule has 0 unspecified atom stereocenters. The molecule has 0 saturated carbocycles. The fourth-order valence-electron chi connectivity index (χ4n) is 3.81. The third kappa shape index (κ3) is 4.21. The molecule has 2 aromatic carbocycles. The lowest BCUT2D eigenvalue weighted by Crippen LogP contribution is -2.28. The minimum atomic E-state index is -0.351. The number of benzene rings is 2. The number of methoxy groups -OCH3 is 1. The van der Waals surface area contributed by atoms with Crippen molar-refractivity contribution in [2.75, 3.05) is 20.2 Å². The third-order valence-corrected chi connectivity index (χ3v) is 6.35. The molecular weight excluding hydrogens is 422 g/mol. The van der Waals surface area contributed by atoms with Gasteiger partial charge in [-0.05, 0) is 55.4 Å². The van der Waals surface area contributed by atoms with Crippen molar-refractivity contribution < 1.29 is 14.3 Å². The predicted molar refractivity (Wildman–Crippen MR) is 130 cm³/mol. The van der Waals surface area contributed by atoms with Gasteiger partial charge in [0.25, 0.3) is 5.91 Å². The number of carbonyl (C=O) groups excluding carboxylic acids is 2. The van der Waals surface area contributed by atoms with Gasteiger partial charge < -0.3 is 9.30 Å². The van der Waals surface area contributed by atoms with Crippen LogP contribution in [-0.4, -0.2) is 46.7 Å². The van der Waals surface area contributed by atoms with Crippen LogP contribution >= 0.6 is 11.8 Å². The second-order valence-corrected chi connectivity index (χ2v) is 8.35. The van der Waals surface area contributed by atoms with E-state index in [4.69, 9.17) is 4.74 Å². The van der Waals surface area contributed by atoms with Crippen molar-refractivity contribution in [1.29, 1.82) is 0 Å². The Labute approximate surface area is 191 Å². The predicted octanol–water partition coefficient (Wildman–Crippen LogP) is 4.79. The summed E-state index contributed by atoms with van der Waals surface area (Å²) in [6.07, 6.45) is 4.01. The van der Waals surface area contributed by atoms with Crippen LogP contribution < -0.4 is 0 Å². The van der Waals surface area contributed by atoms with Crippen molar-refractivity contribution in [2.45, 2.75) is 20.4 Å². The number of esters is 1. The van der Waals surface area contributed by atoms with Gasteiger partial charge in [0.1, 0.15) is 0 Å². The fraction of sp³-hybridized carbons (Fsp3) is 0.240. The topological polar surface area (TPSA) is 63.9 Å². The first-order chi connectivity index (χ1) is 15.5. The number of rotatable bonds is 6. The molecular formula is C25H25N3O3S. The van der Waals surface area contributed by atoms with Crippen LogP contribution in [0.4, 0.5) is 0 Å². The summed E-state index contributed by atoms with van der Waals surface area (Å²) in [7, 11) is 1.38. The van der Waals surface area contributed by atoms with Crippen molar-refractivity contribution in [3.63, 3.8) is 0 Å². The highest BCUT2D eigenvalue weighted by atomic mass is 32.2. The van der Waals surface area contributed by atoms with Crippen molar-refractivity contribution in [2.24, 2.45) is 4.99 Å². The summed E-state index contributed by atoms with van der Waals surface area (Å²) >= 11 is 1.43. The number of fused-ring (bicyclic) bond motifs is 1. The Hall–Kier alpha value is -3.32. The molecule has 0 N–H and O–H groups in total. The van der Waals surface area contributed by atoms with Crippen LogP contribution in [0.15, 0.2) is 64.6 Å². The first kappa shape index (κ1) is 21.9. The highest BCUT2D eigenvalue weighted by molar-refractivity contribution is 8.18. The van der Waals surface area contributed by atoms with Gasteiger partial charge in [-0.2, -0.15) is 0 Å². The van der Waals surface area contributed by atoms with Gasteiger partial charge in [-0.1, -0.05) is 30.3 Å². The summed E-state index contributed by atoms with van der Waals surface area (Å²) in [5, 5.41) is 1.83. The van der Waals surface area contributed by atoms with E-state index in [1.54, 1.807) is 11.0 Å². The molecule has 164 valence electrons. The second kappa shape index (κ2) is 9.44. The molecule has 2 heterocycles. The lowest BCUT2D eigenvalue weighted by Gasteiger charge is -2.11. The van der Waals surface area contributed by atoms with E-state index in [2.05, 4.69) is 27.9 Å². The molecule has 0 atom stereocenters. The number of aromatic nitrogens is 1.